The molecule has 82 valence electrons. The van der Waals surface area contributed by atoms with Crippen molar-refractivity contribution in [3.05, 3.63) is 21.2 Å². The number of hydrogen-bond donors (Lipinski definition) is 0. The van der Waals surface area contributed by atoms with Gasteiger partial charge >= 0.3 is 23.5 Å². The van der Waals surface area contributed by atoms with E-state index in [1.807, 2.05) is 10.8 Å². The smallest absolute Gasteiger partial charge is 0.185 e. The average Bonchev–Trinajstić information content (AvgIpc) is 2.52. The monoisotopic (exact) mass is 274 g/mol. The van der Waals surface area contributed by atoms with Crippen LogP contribution in [0.4, 0.5) is 0 Å². The van der Waals surface area contributed by atoms with Crippen molar-refractivity contribution in [1.29, 1.82) is 10.5 Å². The van der Waals surface area contributed by atoms with Crippen LogP contribution in [0.2, 0.25) is 0 Å². The lowest BCUT2D eigenvalue weighted by molar-refractivity contribution is -0.362. The molecule has 0 aliphatic carbocycles. The molecule has 0 bridgehead atoms. The maximum Gasteiger partial charge on any atom is 0.615 e. The normalized spacial score (nSPS) is 15.1. The van der Waals surface area contributed by atoms with E-state index < -0.39 is 0 Å². The van der Waals surface area contributed by atoms with Gasteiger partial charge in [-0.05, 0) is 23.5 Å². The first kappa shape index (κ1) is 13.0. The highest BCUT2D eigenvalue weighted by atomic mass is 32.2. The molecule has 6 nitrogen and oxygen atoms in total. The number of nitrogens with zero attached hydrogens (tertiary/aromatic N) is 4. The van der Waals surface area contributed by atoms with Crippen LogP contribution in [0.25, 0.3) is 0 Å². The van der Waals surface area contributed by atoms with Crippen LogP contribution in [0.5, 0.6) is 0 Å². The number of allylic oxidation sites excluding steroid dienone is 1. The highest BCUT2D eigenvalue weighted by Gasteiger charge is 2.51. The summed E-state index contributed by atoms with van der Waals surface area (Å²) >= 11 is 2.45. The van der Waals surface area contributed by atoms with E-state index in [2.05, 4.69) is 0 Å². The Bertz CT molecular complexity index is 434. The van der Waals surface area contributed by atoms with Crippen LogP contribution < -0.4 is 0 Å². The van der Waals surface area contributed by atoms with E-state index in [4.69, 9.17) is 10.5 Å². The van der Waals surface area contributed by atoms with E-state index in [0.29, 0.717) is 44.0 Å². The quantitative estimate of drug-likeness (QED) is 0.328. The van der Waals surface area contributed by atoms with E-state index >= 15 is 0 Å². The van der Waals surface area contributed by atoms with Gasteiger partial charge in [0, 0.05) is 15.6 Å². The van der Waals surface area contributed by atoms with Crippen LogP contribution in [0.1, 0.15) is 6.42 Å². The first-order valence-corrected chi connectivity index (χ1v) is 6.77. The van der Waals surface area contributed by atoms with E-state index in [1.165, 1.54) is 0 Å². The molecule has 1 rings (SSSR count). The van der Waals surface area contributed by atoms with E-state index in [0.717, 1.165) is 23.5 Å². The van der Waals surface area contributed by atoms with Gasteiger partial charge in [0.05, 0.1) is 6.42 Å². The summed E-state index contributed by atoms with van der Waals surface area (Å²) < 4.78 is 1.06. The second kappa shape index (κ2) is 6.53. The molecule has 0 aromatic carbocycles. The maximum atomic E-state index is 11.3. The first-order valence-electron chi connectivity index (χ1n) is 4.07. The molecule has 0 radical (unpaired) electrons. The molecule has 0 saturated carbocycles. The lowest BCUT2D eigenvalue weighted by Gasteiger charge is -1.86. The fourth-order valence-electron chi connectivity index (χ4n) is 1.04. The summed E-state index contributed by atoms with van der Waals surface area (Å²) in [6, 6.07) is 0. The zero-order chi connectivity index (χ0) is 12.0. The highest BCUT2D eigenvalue weighted by Crippen LogP contribution is 2.31. The summed E-state index contributed by atoms with van der Waals surface area (Å²) in [6.45, 7) is 0. The molecule has 0 aromatic heterocycles. The van der Waals surface area contributed by atoms with Crippen LogP contribution in [0.3, 0.4) is 0 Å². The lowest BCUT2D eigenvalue weighted by Crippen LogP contribution is -2.00. The van der Waals surface area contributed by atoms with Crippen molar-refractivity contribution in [2.45, 2.75) is 6.42 Å². The van der Waals surface area contributed by atoms with Crippen LogP contribution >= 0.6 is 35.7 Å². The summed E-state index contributed by atoms with van der Waals surface area (Å²) in [5.74, 6) is 0.651. The Morgan fingerprint density at radius 1 is 1.12 bits per heavy atom. The van der Waals surface area contributed by atoms with E-state index in [1.54, 1.807) is 0 Å². The third-order valence-electron chi connectivity index (χ3n) is 1.70. The average molecular weight is 274 g/mol. The minimum atomic E-state index is 0.193. The van der Waals surface area contributed by atoms with Gasteiger partial charge < -0.3 is 0 Å². The molecule has 1 aliphatic rings. The molecular weight excluding hydrogens is 268 g/mol. The van der Waals surface area contributed by atoms with Crippen molar-refractivity contribution in [3.8, 4) is 10.8 Å². The Kier molecular flexibility index (Phi) is 5.32. The van der Waals surface area contributed by atoms with Crippen molar-refractivity contribution < 1.29 is 8.33 Å². The summed E-state index contributed by atoms with van der Waals surface area (Å²) in [5, 5.41) is 20.5. The second-order valence-corrected chi connectivity index (χ2v) is 5.02. The molecule has 0 unspecified atom stereocenters. The number of thiocyanates is 2. The Morgan fingerprint density at radius 2 is 1.75 bits per heavy atom. The Morgan fingerprint density at radius 3 is 2.38 bits per heavy atom. The fourth-order valence-corrected chi connectivity index (χ4v) is 2.69. The molecule has 9 heteroatoms. The van der Waals surface area contributed by atoms with Crippen LogP contribution in [0, 0.1) is 31.1 Å². The van der Waals surface area contributed by atoms with Gasteiger partial charge in [-0.25, -0.2) is 0 Å². The molecule has 1 heterocycles. The van der Waals surface area contributed by atoms with E-state index in [9.17, 15) is 9.81 Å². The van der Waals surface area contributed by atoms with Gasteiger partial charge in [-0.3, -0.25) is 0 Å². The predicted octanol–water partition coefficient (Wildman–Crippen LogP) is 2.15. The Labute approximate surface area is 104 Å². The third-order valence-corrected chi connectivity index (χ3v) is 3.52. The number of hydrogen-bond acceptors (Lipinski definition) is 7. The molecule has 0 spiro atoms. The summed E-state index contributed by atoms with van der Waals surface area (Å²) in [7, 11) is 0. The molecule has 1 aliphatic heterocycles. The number of rotatable bonds is 5. The summed E-state index contributed by atoms with van der Waals surface area (Å²) in [4.78, 5) is 22.7. The van der Waals surface area contributed by atoms with Crippen LogP contribution in [-0.4, -0.2) is 19.8 Å². The number of nitroso groups, excluding NO2 is 2. The zero-order valence-corrected chi connectivity index (χ0v) is 10.4. The number of thioether (sulfide) groups is 2. The molecule has 16 heavy (non-hydrogen) atoms. The lowest BCUT2D eigenvalue weighted by atomic mass is 10.3. The van der Waals surface area contributed by atoms with Crippen molar-refractivity contribution in [1.82, 2.24) is 0 Å². The SMILES string of the molecule is N#CSCCC1=C(CSC#N)[N+](=O)S[N+]1=O. The summed E-state index contributed by atoms with van der Waals surface area (Å²) in [6.07, 6.45) is 0.356. The molecular formula is C7H6N4O2S3+2. The second-order valence-electron chi connectivity index (χ2n) is 2.56. The largest absolute Gasteiger partial charge is 0.615 e. The van der Waals surface area contributed by atoms with Crippen molar-refractivity contribution in [2.75, 3.05) is 11.5 Å². The van der Waals surface area contributed by atoms with Gasteiger partial charge in [0.15, 0.2) is 8.33 Å². The van der Waals surface area contributed by atoms with Gasteiger partial charge in [0.2, 0.25) is 0 Å². The molecule has 0 amide bonds. The van der Waals surface area contributed by atoms with Crippen LogP contribution in [-0.2, 0) is 0 Å². The zero-order valence-electron chi connectivity index (χ0n) is 7.95. The summed E-state index contributed by atoms with van der Waals surface area (Å²) in [5.41, 5.74) is 0.663. The van der Waals surface area contributed by atoms with Gasteiger partial charge in [0.25, 0.3) is 0 Å². The Hall–Kier alpha value is -1.03. The standard InChI is InChI=1S/C7H6N4O2S3/c8-4-14-2-1-6-7(3-15-5-9)11(13)16-10(6)12/h1-3H2/q+2. The third kappa shape index (κ3) is 3.23. The molecule has 0 fully saturated rings. The molecule has 0 aromatic rings. The fraction of sp³-hybridized carbons (Fsp3) is 0.429. The van der Waals surface area contributed by atoms with Crippen molar-refractivity contribution >= 4 is 35.7 Å². The van der Waals surface area contributed by atoms with Gasteiger partial charge in [-0.1, -0.05) is 0 Å². The van der Waals surface area contributed by atoms with Crippen molar-refractivity contribution in [2.24, 2.45) is 0 Å². The van der Waals surface area contributed by atoms with Gasteiger partial charge in [0.1, 0.15) is 16.6 Å². The molecule has 0 saturated heterocycles. The maximum absolute atomic E-state index is 11.3. The molecule has 0 atom stereocenters. The van der Waals surface area contributed by atoms with Gasteiger partial charge in [-0.15, -0.1) is 0 Å². The minimum Gasteiger partial charge on any atom is -0.185 e. The van der Waals surface area contributed by atoms with Gasteiger partial charge in [-0.2, -0.15) is 10.5 Å². The first-order chi connectivity index (χ1) is 7.70. The highest BCUT2D eigenvalue weighted by molar-refractivity contribution is 8.04. The van der Waals surface area contributed by atoms with Crippen molar-refractivity contribution in [3.63, 3.8) is 0 Å². The van der Waals surface area contributed by atoms with E-state index in [-0.39, 0.29) is 5.75 Å². The molecule has 0 N–H and O–H groups in total. The topological polar surface area (TPSA) is 87.7 Å². The number of nitriles is 2. The Balaban J connectivity index is 2.75. The predicted molar refractivity (Wildman–Crippen MR) is 62.6 cm³/mol. The minimum absolute atomic E-state index is 0.193. The van der Waals surface area contributed by atoms with Crippen LogP contribution in [0.15, 0.2) is 11.4 Å².